The fraction of sp³-hybridized carbons (Fsp3) is 0. The maximum atomic E-state index is 12.9. The summed E-state index contributed by atoms with van der Waals surface area (Å²) in [6.07, 6.45) is 1.52. The Morgan fingerprint density at radius 3 is 2.56 bits per heavy atom. The lowest BCUT2D eigenvalue weighted by atomic mass is 10.2. The van der Waals surface area contributed by atoms with Gasteiger partial charge in [0.05, 0.1) is 11.7 Å². The molecule has 90 valence electrons. The van der Waals surface area contributed by atoms with Crippen LogP contribution in [0.1, 0.15) is 0 Å². The van der Waals surface area contributed by atoms with Crippen LogP contribution >= 0.6 is 11.6 Å². The molecule has 3 aromatic rings. The molecule has 0 radical (unpaired) electrons. The van der Waals surface area contributed by atoms with E-state index in [0.29, 0.717) is 16.5 Å². The minimum atomic E-state index is -0.312. The molecule has 18 heavy (non-hydrogen) atoms. The zero-order chi connectivity index (χ0) is 12.7. The molecule has 3 nitrogen and oxygen atoms in total. The number of rotatable bonds is 1. The van der Waals surface area contributed by atoms with E-state index in [4.69, 9.17) is 11.6 Å². The van der Waals surface area contributed by atoms with E-state index in [1.54, 1.807) is 22.6 Å². The van der Waals surface area contributed by atoms with Gasteiger partial charge in [0.2, 0.25) is 0 Å². The molecule has 1 N–H and O–H groups in total. The van der Waals surface area contributed by atoms with Gasteiger partial charge in [-0.3, -0.25) is 4.40 Å². The molecule has 0 amide bonds. The van der Waals surface area contributed by atoms with Crippen molar-refractivity contribution >= 4 is 17.1 Å². The predicted octanol–water partition coefficient (Wildman–Crippen LogP) is 3.50. The summed E-state index contributed by atoms with van der Waals surface area (Å²) < 4.78 is 14.6. The first-order valence-electron chi connectivity index (χ1n) is 5.27. The quantitative estimate of drug-likeness (QED) is 0.729. The fourth-order valence-corrected chi connectivity index (χ4v) is 2.07. The monoisotopic (exact) mass is 262 g/mol. The molecule has 0 spiro atoms. The molecule has 0 aliphatic heterocycles. The maximum absolute atomic E-state index is 12.9. The predicted molar refractivity (Wildman–Crippen MR) is 67.3 cm³/mol. The van der Waals surface area contributed by atoms with Crippen LogP contribution in [0, 0.1) is 5.82 Å². The van der Waals surface area contributed by atoms with Crippen LogP contribution in [-0.4, -0.2) is 14.5 Å². The van der Waals surface area contributed by atoms with Crippen molar-refractivity contribution in [3.63, 3.8) is 0 Å². The van der Waals surface area contributed by atoms with Crippen LogP contribution in [0.25, 0.3) is 16.9 Å². The number of pyridine rings is 1. The summed E-state index contributed by atoms with van der Waals surface area (Å²) >= 11 is 6.02. The molecule has 3 rings (SSSR count). The molecule has 1 aromatic carbocycles. The van der Waals surface area contributed by atoms with Crippen molar-refractivity contribution in [1.29, 1.82) is 0 Å². The van der Waals surface area contributed by atoms with Gasteiger partial charge < -0.3 is 5.11 Å². The van der Waals surface area contributed by atoms with Gasteiger partial charge in [0.15, 0.2) is 5.15 Å². The fourth-order valence-electron chi connectivity index (χ4n) is 1.84. The smallest absolute Gasteiger partial charge is 0.155 e. The lowest BCUT2D eigenvalue weighted by Gasteiger charge is -2.01. The van der Waals surface area contributed by atoms with E-state index in [1.165, 1.54) is 24.4 Å². The number of halogens is 2. The van der Waals surface area contributed by atoms with Gasteiger partial charge in [0.25, 0.3) is 0 Å². The van der Waals surface area contributed by atoms with Gasteiger partial charge in [0.1, 0.15) is 17.4 Å². The molecule has 2 aromatic heterocycles. The van der Waals surface area contributed by atoms with Gasteiger partial charge in [-0.05, 0) is 36.4 Å². The first-order valence-corrected chi connectivity index (χ1v) is 5.65. The third-order valence-corrected chi connectivity index (χ3v) is 2.96. The number of benzene rings is 1. The topological polar surface area (TPSA) is 37.5 Å². The Bertz CT molecular complexity index is 722. The van der Waals surface area contributed by atoms with E-state index in [1.807, 2.05) is 0 Å². The Morgan fingerprint density at radius 1 is 1.11 bits per heavy atom. The molecule has 0 atom stereocenters. The van der Waals surface area contributed by atoms with Crippen molar-refractivity contribution in [3.8, 4) is 17.1 Å². The molecule has 0 fully saturated rings. The number of hydrogen-bond donors (Lipinski definition) is 1. The molecule has 0 saturated heterocycles. The van der Waals surface area contributed by atoms with Crippen LogP contribution < -0.4 is 0 Å². The van der Waals surface area contributed by atoms with Crippen molar-refractivity contribution < 1.29 is 9.50 Å². The van der Waals surface area contributed by atoms with Crippen LogP contribution in [0.2, 0.25) is 5.15 Å². The number of fused-ring (bicyclic) bond motifs is 1. The first-order chi connectivity index (χ1) is 8.65. The van der Waals surface area contributed by atoms with Gasteiger partial charge >= 0.3 is 0 Å². The lowest BCUT2D eigenvalue weighted by Crippen LogP contribution is -1.89. The van der Waals surface area contributed by atoms with E-state index in [0.717, 1.165) is 5.56 Å². The molecule has 0 aliphatic rings. The SMILES string of the molecule is Oc1ccc2c(Cl)nc(-c3ccc(F)cc3)n2c1. The number of aromatic nitrogens is 2. The summed E-state index contributed by atoms with van der Waals surface area (Å²) in [6.45, 7) is 0. The van der Waals surface area contributed by atoms with Crippen LogP contribution in [-0.2, 0) is 0 Å². The van der Waals surface area contributed by atoms with Crippen molar-refractivity contribution in [2.24, 2.45) is 0 Å². The Balaban J connectivity index is 2.28. The minimum absolute atomic E-state index is 0.111. The molecule has 0 bridgehead atoms. The standard InChI is InChI=1S/C13H8ClFN2O/c14-12-11-6-5-10(18)7-17(11)13(16-12)8-1-3-9(15)4-2-8/h1-7,18H. The van der Waals surface area contributed by atoms with Crippen molar-refractivity contribution in [3.05, 3.63) is 53.6 Å². The number of nitrogens with zero attached hydrogens (tertiary/aromatic N) is 2. The normalized spacial score (nSPS) is 11.0. The van der Waals surface area contributed by atoms with E-state index >= 15 is 0 Å². The highest BCUT2D eigenvalue weighted by atomic mass is 35.5. The zero-order valence-electron chi connectivity index (χ0n) is 9.14. The molecule has 2 heterocycles. The van der Waals surface area contributed by atoms with E-state index < -0.39 is 0 Å². The number of aromatic hydroxyl groups is 1. The van der Waals surface area contributed by atoms with Crippen molar-refractivity contribution in [2.75, 3.05) is 0 Å². The molecule has 0 aliphatic carbocycles. The average molecular weight is 263 g/mol. The van der Waals surface area contributed by atoms with E-state index in [9.17, 15) is 9.50 Å². The summed E-state index contributed by atoms with van der Waals surface area (Å²) in [5, 5.41) is 9.85. The second kappa shape index (κ2) is 3.99. The number of hydrogen-bond acceptors (Lipinski definition) is 2. The largest absolute Gasteiger partial charge is 0.506 e. The summed E-state index contributed by atoms with van der Waals surface area (Å²) in [7, 11) is 0. The van der Waals surface area contributed by atoms with Gasteiger partial charge in [-0.15, -0.1) is 0 Å². The summed E-state index contributed by atoms with van der Waals surface area (Å²) in [6, 6.07) is 9.16. The van der Waals surface area contributed by atoms with Crippen molar-refractivity contribution in [2.45, 2.75) is 0 Å². The average Bonchev–Trinajstić information content (AvgIpc) is 2.67. The van der Waals surface area contributed by atoms with E-state index in [-0.39, 0.29) is 11.6 Å². The van der Waals surface area contributed by atoms with Crippen molar-refractivity contribution in [1.82, 2.24) is 9.38 Å². The molecule has 0 unspecified atom stereocenters. The van der Waals surface area contributed by atoms with Crippen LogP contribution in [0.3, 0.4) is 0 Å². The highest BCUT2D eigenvalue weighted by Crippen LogP contribution is 2.27. The summed E-state index contributed by atoms with van der Waals surface area (Å²) in [5.41, 5.74) is 1.41. The maximum Gasteiger partial charge on any atom is 0.155 e. The zero-order valence-corrected chi connectivity index (χ0v) is 9.89. The Labute approximate surface area is 107 Å². The summed E-state index contributed by atoms with van der Waals surface area (Å²) in [5.74, 6) is 0.361. The van der Waals surface area contributed by atoms with Crippen LogP contribution in [0.5, 0.6) is 5.75 Å². The van der Waals surface area contributed by atoms with E-state index in [2.05, 4.69) is 4.98 Å². The molecular formula is C13H8ClFN2O. The Kier molecular flexibility index (Phi) is 2.45. The van der Waals surface area contributed by atoms with Gasteiger partial charge in [-0.1, -0.05) is 11.6 Å². The Hall–Kier alpha value is -2.07. The third kappa shape index (κ3) is 1.71. The van der Waals surface area contributed by atoms with Gasteiger partial charge in [0, 0.05) is 5.56 Å². The van der Waals surface area contributed by atoms with Crippen LogP contribution in [0.4, 0.5) is 4.39 Å². The second-order valence-corrected chi connectivity index (χ2v) is 4.23. The summed E-state index contributed by atoms with van der Waals surface area (Å²) in [4.78, 5) is 4.23. The molecular weight excluding hydrogens is 255 g/mol. The minimum Gasteiger partial charge on any atom is -0.506 e. The third-order valence-electron chi connectivity index (χ3n) is 2.68. The second-order valence-electron chi connectivity index (χ2n) is 3.88. The highest BCUT2D eigenvalue weighted by molar-refractivity contribution is 6.32. The first kappa shape index (κ1) is 11.0. The highest BCUT2D eigenvalue weighted by Gasteiger charge is 2.11. The Morgan fingerprint density at radius 2 is 1.83 bits per heavy atom. The lowest BCUT2D eigenvalue weighted by molar-refractivity contribution is 0.472. The number of imidazole rings is 1. The van der Waals surface area contributed by atoms with Crippen LogP contribution in [0.15, 0.2) is 42.6 Å². The van der Waals surface area contributed by atoms with Gasteiger partial charge in [-0.2, -0.15) is 0 Å². The molecule has 5 heteroatoms. The van der Waals surface area contributed by atoms with Gasteiger partial charge in [-0.25, -0.2) is 9.37 Å². The molecule has 0 saturated carbocycles.